The standard InChI is InChI=1S/C11H17NO3/c1-7(2)12-10(13)8-5-3-4-6-9(8)11(14)15/h7H,3-6H2,1-2H3,(H,12,13)(H,14,15). The summed E-state index contributed by atoms with van der Waals surface area (Å²) in [4.78, 5) is 22.6. The fraction of sp³-hybridized carbons (Fsp3) is 0.636. The largest absolute Gasteiger partial charge is 0.478 e. The molecule has 0 fully saturated rings. The topological polar surface area (TPSA) is 66.4 Å². The van der Waals surface area contributed by atoms with Gasteiger partial charge >= 0.3 is 5.97 Å². The Morgan fingerprint density at radius 1 is 1.20 bits per heavy atom. The van der Waals surface area contributed by atoms with Crippen LogP contribution in [0, 0.1) is 0 Å². The summed E-state index contributed by atoms with van der Waals surface area (Å²) in [7, 11) is 0. The number of hydrogen-bond acceptors (Lipinski definition) is 2. The van der Waals surface area contributed by atoms with Crippen molar-refractivity contribution in [1.82, 2.24) is 5.32 Å². The molecule has 1 aliphatic rings. The number of nitrogens with one attached hydrogen (secondary N) is 1. The van der Waals surface area contributed by atoms with Crippen molar-refractivity contribution in [3.63, 3.8) is 0 Å². The van der Waals surface area contributed by atoms with Gasteiger partial charge in [0.25, 0.3) is 0 Å². The Labute approximate surface area is 89.4 Å². The van der Waals surface area contributed by atoms with Crippen LogP contribution in [-0.4, -0.2) is 23.0 Å². The molecule has 0 aromatic heterocycles. The highest BCUT2D eigenvalue weighted by Crippen LogP contribution is 2.25. The van der Waals surface area contributed by atoms with Gasteiger partial charge in [-0.1, -0.05) is 0 Å². The summed E-state index contributed by atoms with van der Waals surface area (Å²) in [5.41, 5.74) is 0.752. The molecule has 15 heavy (non-hydrogen) atoms. The average Bonchev–Trinajstić information content (AvgIpc) is 2.16. The molecule has 0 atom stereocenters. The van der Waals surface area contributed by atoms with Gasteiger partial charge in [-0.2, -0.15) is 0 Å². The van der Waals surface area contributed by atoms with Crippen LogP contribution in [0.4, 0.5) is 0 Å². The number of carboxylic acid groups (broad SMARTS) is 1. The second-order valence-electron chi connectivity index (χ2n) is 4.10. The number of amides is 1. The van der Waals surface area contributed by atoms with Gasteiger partial charge in [-0.15, -0.1) is 0 Å². The van der Waals surface area contributed by atoms with Crippen molar-refractivity contribution in [3.8, 4) is 0 Å². The summed E-state index contributed by atoms with van der Waals surface area (Å²) in [6, 6.07) is 0.0435. The maximum absolute atomic E-state index is 11.7. The molecule has 2 N–H and O–H groups in total. The number of carboxylic acids is 1. The molecule has 0 aromatic rings. The lowest BCUT2D eigenvalue weighted by molar-refractivity contribution is -0.133. The van der Waals surface area contributed by atoms with Gasteiger partial charge in [0, 0.05) is 17.2 Å². The molecule has 4 nitrogen and oxygen atoms in total. The van der Waals surface area contributed by atoms with E-state index in [1.54, 1.807) is 0 Å². The molecule has 0 unspecified atom stereocenters. The van der Waals surface area contributed by atoms with E-state index in [0.717, 1.165) is 12.8 Å². The monoisotopic (exact) mass is 211 g/mol. The molecule has 0 heterocycles. The summed E-state index contributed by atoms with van der Waals surface area (Å²) in [5, 5.41) is 11.7. The highest BCUT2D eigenvalue weighted by molar-refractivity contribution is 6.02. The number of aliphatic carboxylic acids is 1. The minimum absolute atomic E-state index is 0.0435. The van der Waals surface area contributed by atoms with E-state index in [1.807, 2.05) is 13.8 Å². The Morgan fingerprint density at radius 2 is 1.73 bits per heavy atom. The zero-order valence-electron chi connectivity index (χ0n) is 9.17. The van der Waals surface area contributed by atoms with Gasteiger partial charge in [-0.05, 0) is 39.5 Å². The SMILES string of the molecule is CC(C)NC(=O)C1=C(C(=O)O)CCCC1. The molecular weight excluding hydrogens is 194 g/mol. The van der Waals surface area contributed by atoms with E-state index >= 15 is 0 Å². The summed E-state index contributed by atoms with van der Waals surface area (Å²) >= 11 is 0. The number of carbonyl (C=O) groups is 2. The Balaban J connectivity index is 2.87. The molecule has 84 valence electrons. The first kappa shape index (κ1) is 11.8. The van der Waals surface area contributed by atoms with Gasteiger partial charge in [0.2, 0.25) is 5.91 Å². The Hall–Kier alpha value is -1.32. The van der Waals surface area contributed by atoms with Crippen LogP contribution >= 0.6 is 0 Å². The van der Waals surface area contributed by atoms with Crippen molar-refractivity contribution in [2.45, 2.75) is 45.6 Å². The first-order chi connectivity index (χ1) is 7.02. The highest BCUT2D eigenvalue weighted by Gasteiger charge is 2.23. The predicted octanol–water partition coefficient (Wildman–Crippen LogP) is 1.47. The van der Waals surface area contributed by atoms with E-state index in [1.165, 1.54) is 0 Å². The van der Waals surface area contributed by atoms with E-state index < -0.39 is 5.97 Å². The van der Waals surface area contributed by atoms with Crippen LogP contribution in [0.3, 0.4) is 0 Å². The van der Waals surface area contributed by atoms with Crippen LogP contribution in [0.1, 0.15) is 39.5 Å². The van der Waals surface area contributed by atoms with E-state index in [-0.39, 0.29) is 11.9 Å². The lowest BCUT2D eigenvalue weighted by Crippen LogP contribution is -2.33. The quantitative estimate of drug-likeness (QED) is 0.742. The van der Waals surface area contributed by atoms with Gasteiger partial charge in [-0.3, -0.25) is 4.79 Å². The maximum Gasteiger partial charge on any atom is 0.332 e. The van der Waals surface area contributed by atoms with Gasteiger partial charge in [0.15, 0.2) is 0 Å². The maximum atomic E-state index is 11.7. The second-order valence-corrected chi connectivity index (χ2v) is 4.10. The summed E-state index contributed by atoms with van der Waals surface area (Å²) in [6.07, 6.45) is 2.86. The molecule has 1 aliphatic carbocycles. The minimum Gasteiger partial charge on any atom is -0.478 e. The molecule has 0 saturated carbocycles. The van der Waals surface area contributed by atoms with Crippen molar-refractivity contribution in [2.24, 2.45) is 0 Å². The number of carbonyl (C=O) groups excluding carboxylic acids is 1. The fourth-order valence-electron chi connectivity index (χ4n) is 1.74. The van der Waals surface area contributed by atoms with Crippen molar-refractivity contribution in [3.05, 3.63) is 11.1 Å². The van der Waals surface area contributed by atoms with Crippen molar-refractivity contribution < 1.29 is 14.7 Å². The van der Waals surface area contributed by atoms with Crippen molar-refractivity contribution in [2.75, 3.05) is 0 Å². The first-order valence-electron chi connectivity index (χ1n) is 5.28. The molecule has 1 amide bonds. The number of hydrogen-bond donors (Lipinski definition) is 2. The second kappa shape index (κ2) is 4.96. The van der Waals surface area contributed by atoms with Gasteiger partial charge in [-0.25, -0.2) is 4.79 Å². The molecule has 4 heteroatoms. The zero-order chi connectivity index (χ0) is 11.4. The zero-order valence-corrected chi connectivity index (χ0v) is 9.17. The minimum atomic E-state index is -0.955. The summed E-state index contributed by atoms with van der Waals surface area (Å²) < 4.78 is 0. The average molecular weight is 211 g/mol. The van der Waals surface area contributed by atoms with Gasteiger partial charge < -0.3 is 10.4 Å². The number of rotatable bonds is 3. The molecular formula is C11H17NO3. The van der Waals surface area contributed by atoms with E-state index in [9.17, 15) is 9.59 Å². The van der Waals surface area contributed by atoms with Crippen LogP contribution in [0.25, 0.3) is 0 Å². The summed E-state index contributed by atoms with van der Waals surface area (Å²) in [5.74, 6) is -1.18. The third-order valence-corrected chi connectivity index (χ3v) is 2.42. The van der Waals surface area contributed by atoms with E-state index in [0.29, 0.717) is 24.0 Å². The Morgan fingerprint density at radius 3 is 2.20 bits per heavy atom. The Bertz CT molecular complexity index is 305. The highest BCUT2D eigenvalue weighted by atomic mass is 16.4. The lowest BCUT2D eigenvalue weighted by atomic mass is 9.91. The molecule has 0 radical (unpaired) electrons. The van der Waals surface area contributed by atoms with Crippen LogP contribution in [0.5, 0.6) is 0 Å². The summed E-state index contributed by atoms with van der Waals surface area (Å²) in [6.45, 7) is 3.73. The molecule has 0 aromatic carbocycles. The molecule has 0 saturated heterocycles. The lowest BCUT2D eigenvalue weighted by Gasteiger charge is -2.18. The van der Waals surface area contributed by atoms with Crippen LogP contribution in [0.2, 0.25) is 0 Å². The van der Waals surface area contributed by atoms with Crippen LogP contribution in [-0.2, 0) is 9.59 Å². The normalized spacial score (nSPS) is 16.7. The van der Waals surface area contributed by atoms with Gasteiger partial charge in [0.1, 0.15) is 0 Å². The van der Waals surface area contributed by atoms with Crippen LogP contribution < -0.4 is 5.32 Å². The molecule has 0 aliphatic heterocycles. The third-order valence-electron chi connectivity index (χ3n) is 2.42. The molecule has 0 spiro atoms. The molecule has 0 bridgehead atoms. The van der Waals surface area contributed by atoms with E-state index in [2.05, 4.69) is 5.32 Å². The fourth-order valence-corrected chi connectivity index (χ4v) is 1.74. The van der Waals surface area contributed by atoms with Crippen LogP contribution in [0.15, 0.2) is 11.1 Å². The van der Waals surface area contributed by atoms with Gasteiger partial charge in [0.05, 0.1) is 0 Å². The van der Waals surface area contributed by atoms with Crippen molar-refractivity contribution >= 4 is 11.9 Å². The first-order valence-corrected chi connectivity index (χ1v) is 5.28. The molecule has 1 rings (SSSR count). The Kier molecular flexibility index (Phi) is 3.88. The van der Waals surface area contributed by atoms with E-state index in [4.69, 9.17) is 5.11 Å². The third kappa shape index (κ3) is 3.08. The predicted molar refractivity (Wildman–Crippen MR) is 56.4 cm³/mol. The smallest absolute Gasteiger partial charge is 0.332 e. The van der Waals surface area contributed by atoms with Crippen molar-refractivity contribution in [1.29, 1.82) is 0 Å².